The van der Waals surface area contributed by atoms with Gasteiger partial charge in [0.1, 0.15) is 17.3 Å². The third kappa shape index (κ3) is 6.17. The van der Waals surface area contributed by atoms with Gasteiger partial charge in [-0.3, -0.25) is 14.6 Å². The van der Waals surface area contributed by atoms with Crippen LogP contribution in [0.3, 0.4) is 0 Å². The number of nitrogens with zero attached hydrogens (tertiary/aromatic N) is 2. The van der Waals surface area contributed by atoms with Gasteiger partial charge in [-0.15, -0.1) is 0 Å². The number of piperazine rings is 1. The van der Waals surface area contributed by atoms with Gasteiger partial charge in [0.25, 0.3) is 0 Å². The topological polar surface area (TPSA) is 54.0 Å². The van der Waals surface area contributed by atoms with Crippen molar-refractivity contribution < 1.29 is 18.7 Å². The molecule has 1 N–H and O–H groups in total. The fourth-order valence-corrected chi connectivity index (χ4v) is 3.42. The van der Waals surface area contributed by atoms with Crippen LogP contribution in [0.2, 0.25) is 0 Å². The molecule has 6 nitrogen and oxygen atoms in total. The van der Waals surface area contributed by atoms with Gasteiger partial charge < -0.3 is 14.8 Å². The van der Waals surface area contributed by atoms with E-state index in [2.05, 4.69) is 15.1 Å². The smallest absolute Gasteiger partial charge is 0.234 e. The van der Waals surface area contributed by atoms with E-state index in [0.29, 0.717) is 25.4 Å². The van der Waals surface area contributed by atoms with Gasteiger partial charge >= 0.3 is 0 Å². The summed E-state index contributed by atoms with van der Waals surface area (Å²) < 4.78 is 24.0. The van der Waals surface area contributed by atoms with E-state index in [4.69, 9.17) is 9.47 Å². The first-order valence-corrected chi connectivity index (χ1v) is 9.74. The summed E-state index contributed by atoms with van der Waals surface area (Å²) in [5, 5.41) is 2.96. The second kappa shape index (κ2) is 10.2. The number of carbonyl (C=O) groups is 1. The molecule has 156 valence electrons. The third-order valence-corrected chi connectivity index (χ3v) is 5.12. The molecule has 0 radical (unpaired) electrons. The van der Waals surface area contributed by atoms with Crippen LogP contribution in [0.15, 0.2) is 42.5 Å². The number of halogens is 1. The van der Waals surface area contributed by atoms with Gasteiger partial charge in [0.05, 0.1) is 20.8 Å². The van der Waals surface area contributed by atoms with Gasteiger partial charge in [0.2, 0.25) is 5.91 Å². The van der Waals surface area contributed by atoms with Crippen LogP contribution >= 0.6 is 0 Å². The van der Waals surface area contributed by atoms with E-state index >= 15 is 0 Å². The maximum absolute atomic E-state index is 13.5. The van der Waals surface area contributed by atoms with E-state index in [0.717, 1.165) is 43.1 Å². The Balaban J connectivity index is 1.41. The molecule has 1 amide bonds. The van der Waals surface area contributed by atoms with Gasteiger partial charge in [-0.2, -0.15) is 0 Å². The lowest BCUT2D eigenvalue weighted by Gasteiger charge is -2.34. The third-order valence-electron chi connectivity index (χ3n) is 5.12. The van der Waals surface area contributed by atoms with E-state index in [9.17, 15) is 9.18 Å². The Kier molecular flexibility index (Phi) is 7.43. The predicted octanol–water partition coefficient (Wildman–Crippen LogP) is 2.28. The van der Waals surface area contributed by atoms with Crippen molar-refractivity contribution in [2.75, 3.05) is 46.9 Å². The Labute approximate surface area is 171 Å². The van der Waals surface area contributed by atoms with Crippen molar-refractivity contribution in [3.8, 4) is 11.5 Å². The van der Waals surface area contributed by atoms with Gasteiger partial charge in [0.15, 0.2) is 0 Å². The molecule has 1 aliphatic rings. The van der Waals surface area contributed by atoms with Crippen molar-refractivity contribution in [3.05, 3.63) is 59.4 Å². The first-order valence-electron chi connectivity index (χ1n) is 9.74. The maximum Gasteiger partial charge on any atom is 0.234 e. The highest BCUT2D eigenvalue weighted by Crippen LogP contribution is 2.21. The van der Waals surface area contributed by atoms with Crippen molar-refractivity contribution in [3.63, 3.8) is 0 Å². The quantitative estimate of drug-likeness (QED) is 0.736. The van der Waals surface area contributed by atoms with Crippen LogP contribution in [0.4, 0.5) is 4.39 Å². The molecule has 1 saturated heterocycles. The van der Waals surface area contributed by atoms with Crippen molar-refractivity contribution in [1.82, 2.24) is 15.1 Å². The molecule has 0 aliphatic carbocycles. The number of methoxy groups -OCH3 is 2. The molecule has 7 heteroatoms. The van der Waals surface area contributed by atoms with Crippen LogP contribution < -0.4 is 14.8 Å². The Bertz CT molecular complexity index is 805. The van der Waals surface area contributed by atoms with Crippen molar-refractivity contribution in [2.45, 2.75) is 13.1 Å². The zero-order chi connectivity index (χ0) is 20.6. The average Bonchev–Trinajstić information content (AvgIpc) is 2.74. The Hall–Kier alpha value is -2.64. The van der Waals surface area contributed by atoms with E-state index in [1.807, 2.05) is 24.3 Å². The van der Waals surface area contributed by atoms with E-state index in [-0.39, 0.29) is 11.7 Å². The minimum atomic E-state index is -0.257. The number of hydrogen-bond donors (Lipinski definition) is 1. The standard InChI is InChI=1S/C22H28FN3O3/c1-28-20-6-3-17(4-7-20)14-24-22(27)16-26-11-9-25(10-12-26)15-18-13-19(23)5-8-21(18)29-2/h3-8,13H,9-12,14-16H2,1-2H3,(H,24,27). The molecule has 29 heavy (non-hydrogen) atoms. The number of carbonyl (C=O) groups excluding carboxylic acids is 1. The Morgan fingerprint density at radius 2 is 1.69 bits per heavy atom. The highest BCUT2D eigenvalue weighted by molar-refractivity contribution is 5.78. The molecule has 0 unspecified atom stereocenters. The summed E-state index contributed by atoms with van der Waals surface area (Å²) in [5.41, 5.74) is 1.88. The van der Waals surface area contributed by atoms with E-state index < -0.39 is 0 Å². The molecule has 1 fully saturated rings. The Morgan fingerprint density at radius 3 is 2.34 bits per heavy atom. The SMILES string of the molecule is COc1ccc(CNC(=O)CN2CCN(Cc3cc(F)ccc3OC)CC2)cc1. The van der Waals surface area contributed by atoms with E-state index in [1.54, 1.807) is 20.3 Å². The second-order valence-electron chi connectivity index (χ2n) is 7.13. The maximum atomic E-state index is 13.5. The van der Waals surface area contributed by atoms with Crippen LogP contribution in [0.5, 0.6) is 11.5 Å². The summed E-state index contributed by atoms with van der Waals surface area (Å²) in [7, 11) is 3.23. The predicted molar refractivity (Wildman–Crippen MR) is 110 cm³/mol. The number of nitrogens with one attached hydrogen (secondary N) is 1. The summed E-state index contributed by atoms with van der Waals surface area (Å²) in [6.07, 6.45) is 0. The first-order chi connectivity index (χ1) is 14.1. The molecule has 2 aromatic carbocycles. The lowest BCUT2D eigenvalue weighted by Crippen LogP contribution is -2.49. The highest BCUT2D eigenvalue weighted by atomic mass is 19.1. The van der Waals surface area contributed by atoms with E-state index in [1.165, 1.54) is 12.1 Å². The van der Waals surface area contributed by atoms with Crippen LogP contribution in [-0.2, 0) is 17.9 Å². The first kappa shape index (κ1) is 21.1. The van der Waals surface area contributed by atoms with Crippen molar-refractivity contribution >= 4 is 5.91 Å². The van der Waals surface area contributed by atoms with Crippen LogP contribution in [-0.4, -0.2) is 62.7 Å². The fourth-order valence-electron chi connectivity index (χ4n) is 3.42. The second-order valence-corrected chi connectivity index (χ2v) is 7.13. The molecule has 0 atom stereocenters. The zero-order valence-electron chi connectivity index (χ0n) is 17.0. The monoisotopic (exact) mass is 401 g/mol. The number of amides is 1. The number of benzene rings is 2. The molecule has 3 rings (SSSR count). The number of hydrogen-bond acceptors (Lipinski definition) is 5. The van der Waals surface area contributed by atoms with Crippen LogP contribution in [0.25, 0.3) is 0 Å². The van der Waals surface area contributed by atoms with Gasteiger partial charge in [-0.1, -0.05) is 12.1 Å². The molecular weight excluding hydrogens is 373 g/mol. The summed E-state index contributed by atoms with van der Waals surface area (Å²) in [5.74, 6) is 1.26. The van der Waals surface area contributed by atoms with Gasteiger partial charge in [0, 0.05) is 44.8 Å². The minimum Gasteiger partial charge on any atom is -0.497 e. The molecular formula is C22H28FN3O3. The summed E-state index contributed by atoms with van der Waals surface area (Å²) in [4.78, 5) is 16.6. The highest BCUT2D eigenvalue weighted by Gasteiger charge is 2.20. The fraction of sp³-hybridized carbons (Fsp3) is 0.409. The van der Waals surface area contributed by atoms with Gasteiger partial charge in [-0.25, -0.2) is 4.39 Å². The van der Waals surface area contributed by atoms with Crippen LogP contribution in [0, 0.1) is 5.82 Å². The number of ether oxygens (including phenoxy) is 2. The molecule has 0 saturated carbocycles. The molecule has 1 heterocycles. The van der Waals surface area contributed by atoms with Crippen LogP contribution in [0.1, 0.15) is 11.1 Å². The Morgan fingerprint density at radius 1 is 1.00 bits per heavy atom. The summed E-state index contributed by atoms with van der Waals surface area (Å²) in [6.45, 7) is 4.77. The molecule has 0 spiro atoms. The molecule has 0 bridgehead atoms. The molecule has 1 aliphatic heterocycles. The minimum absolute atomic E-state index is 0.0149. The largest absolute Gasteiger partial charge is 0.497 e. The summed E-state index contributed by atoms with van der Waals surface area (Å²) in [6, 6.07) is 12.2. The number of rotatable bonds is 8. The molecule has 2 aromatic rings. The molecule has 0 aromatic heterocycles. The lowest BCUT2D eigenvalue weighted by atomic mass is 10.1. The average molecular weight is 401 g/mol. The zero-order valence-corrected chi connectivity index (χ0v) is 17.0. The van der Waals surface area contributed by atoms with Crippen molar-refractivity contribution in [2.24, 2.45) is 0 Å². The van der Waals surface area contributed by atoms with Gasteiger partial charge in [-0.05, 0) is 35.9 Å². The summed E-state index contributed by atoms with van der Waals surface area (Å²) >= 11 is 0. The normalized spacial score (nSPS) is 15.1. The lowest BCUT2D eigenvalue weighted by molar-refractivity contribution is -0.122. The van der Waals surface area contributed by atoms with Crippen molar-refractivity contribution in [1.29, 1.82) is 0 Å².